The molecule has 0 fully saturated rings. The monoisotopic (exact) mass is 294 g/mol. The van der Waals surface area contributed by atoms with Crippen molar-refractivity contribution in [1.82, 2.24) is 0 Å². The van der Waals surface area contributed by atoms with E-state index < -0.39 is 18.0 Å². The second-order valence-corrected chi connectivity index (χ2v) is 4.31. The number of rotatable bonds is 8. The summed E-state index contributed by atoms with van der Waals surface area (Å²) < 4.78 is 10.6. The summed E-state index contributed by atoms with van der Waals surface area (Å²) in [6.07, 6.45) is 2.33. The highest BCUT2D eigenvalue weighted by molar-refractivity contribution is 5.86. The quantitative estimate of drug-likeness (QED) is 0.715. The van der Waals surface area contributed by atoms with Crippen molar-refractivity contribution in [2.45, 2.75) is 25.9 Å². The van der Waals surface area contributed by atoms with Crippen LogP contribution in [0, 0.1) is 0 Å². The van der Waals surface area contributed by atoms with Crippen molar-refractivity contribution in [2.75, 3.05) is 7.11 Å². The van der Waals surface area contributed by atoms with E-state index >= 15 is 0 Å². The molecular formula is C15H18O6. The fourth-order valence-corrected chi connectivity index (χ4v) is 1.69. The third-order valence-electron chi connectivity index (χ3n) is 2.72. The van der Waals surface area contributed by atoms with E-state index in [4.69, 9.17) is 19.7 Å². The lowest BCUT2D eigenvalue weighted by Crippen LogP contribution is -2.27. The van der Waals surface area contributed by atoms with E-state index in [-0.39, 0.29) is 5.75 Å². The van der Waals surface area contributed by atoms with Crippen molar-refractivity contribution >= 4 is 18.0 Å². The van der Waals surface area contributed by atoms with Crippen molar-refractivity contribution in [1.29, 1.82) is 0 Å². The molecule has 6 heteroatoms. The topological polar surface area (TPSA) is 93.1 Å². The Labute approximate surface area is 122 Å². The van der Waals surface area contributed by atoms with E-state index in [1.807, 2.05) is 6.92 Å². The Balaban J connectivity index is 3.10. The van der Waals surface area contributed by atoms with Gasteiger partial charge in [0.25, 0.3) is 0 Å². The highest BCUT2D eigenvalue weighted by Gasteiger charge is 2.19. The normalized spacial score (nSPS) is 12.1. The van der Waals surface area contributed by atoms with E-state index in [0.29, 0.717) is 24.2 Å². The maximum atomic E-state index is 11.2. The summed E-state index contributed by atoms with van der Waals surface area (Å²) in [6, 6.07) is 4.79. The van der Waals surface area contributed by atoms with E-state index in [0.717, 1.165) is 6.08 Å². The van der Waals surface area contributed by atoms with Crippen LogP contribution < -0.4 is 9.47 Å². The number of aliphatic carboxylic acids is 2. The number of carboxylic acid groups (broad SMARTS) is 2. The largest absolute Gasteiger partial charge is 0.497 e. The smallest absolute Gasteiger partial charge is 0.344 e. The van der Waals surface area contributed by atoms with E-state index in [1.165, 1.54) is 19.3 Å². The summed E-state index contributed by atoms with van der Waals surface area (Å²) in [4.78, 5) is 21.8. The Kier molecular flexibility index (Phi) is 6.26. The van der Waals surface area contributed by atoms with Crippen LogP contribution in [0.1, 0.15) is 25.3 Å². The molecule has 0 saturated carbocycles. The molecule has 1 aromatic rings. The van der Waals surface area contributed by atoms with Crippen LogP contribution in [0.25, 0.3) is 6.08 Å². The van der Waals surface area contributed by atoms with E-state index in [2.05, 4.69) is 0 Å². The number of carboxylic acids is 2. The number of hydrogen-bond acceptors (Lipinski definition) is 4. The molecule has 0 spiro atoms. The first-order valence-corrected chi connectivity index (χ1v) is 6.46. The molecule has 114 valence electrons. The van der Waals surface area contributed by atoms with Gasteiger partial charge < -0.3 is 19.7 Å². The van der Waals surface area contributed by atoms with Gasteiger partial charge in [-0.2, -0.15) is 0 Å². The molecule has 0 bridgehead atoms. The minimum Gasteiger partial charge on any atom is -0.497 e. The standard InChI is InChI=1S/C15H18O6/c1-3-4-12(15(18)19)21-13-9-11(20-2)7-5-10(13)6-8-14(16)17/h5-9,12H,3-4H2,1-2H3,(H,16,17)(H,18,19)/b8-6+. The number of methoxy groups -OCH3 is 1. The van der Waals surface area contributed by atoms with Gasteiger partial charge in [-0.15, -0.1) is 0 Å². The summed E-state index contributed by atoms with van der Waals surface area (Å²) in [5.74, 6) is -1.39. The third-order valence-corrected chi connectivity index (χ3v) is 2.72. The summed E-state index contributed by atoms with van der Waals surface area (Å²) in [5.41, 5.74) is 0.473. The molecule has 1 atom stereocenters. The molecule has 0 aromatic heterocycles. The molecule has 0 aliphatic carbocycles. The molecule has 2 N–H and O–H groups in total. The highest BCUT2D eigenvalue weighted by atomic mass is 16.5. The minimum absolute atomic E-state index is 0.271. The van der Waals surface area contributed by atoms with Crippen LogP contribution >= 0.6 is 0 Å². The maximum Gasteiger partial charge on any atom is 0.344 e. The second-order valence-electron chi connectivity index (χ2n) is 4.31. The second kappa shape index (κ2) is 7.94. The molecule has 1 rings (SSSR count). The van der Waals surface area contributed by atoms with Crippen molar-refractivity contribution in [2.24, 2.45) is 0 Å². The van der Waals surface area contributed by atoms with Crippen LogP contribution in [0.5, 0.6) is 11.5 Å². The average Bonchev–Trinajstić information content (AvgIpc) is 2.44. The van der Waals surface area contributed by atoms with Crippen LogP contribution in [0.3, 0.4) is 0 Å². The molecule has 1 unspecified atom stereocenters. The lowest BCUT2D eigenvalue weighted by molar-refractivity contribution is -0.145. The van der Waals surface area contributed by atoms with Crippen molar-refractivity contribution in [3.8, 4) is 11.5 Å². The lowest BCUT2D eigenvalue weighted by Gasteiger charge is -2.17. The molecule has 0 radical (unpaired) electrons. The van der Waals surface area contributed by atoms with Gasteiger partial charge in [-0.1, -0.05) is 13.3 Å². The zero-order chi connectivity index (χ0) is 15.8. The van der Waals surface area contributed by atoms with Crippen LogP contribution in [0.2, 0.25) is 0 Å². The van der Waals surface area contributed by atoms with Crippen molar-refractivity contribution in [3.05, 3.63) is 29.8 Å². The molecule has 0 aliphatic rings. The number of hydrogen-bond donors (Lipinski definition) is 2. The predicted octanol–water partition coefficient (Wildman–Crippen LogP) is 2.43. The van der Waals surface area contributed by atoms with Crippen LogP contribution in [-0.2, 0) is 9.59 Å². The fraction of sp³-hybridized carbons (Fsp3) is 0.333. The summed E-state index contributed by atoms with van der Waals surface area (Å²) in [5, 5.41) is 17.8. The Hall–Kier alpha value is -2.50. The Morgan fingerprint density at radius 3 is 2.57 bits per heavy atom. The molecular weight excluding hydrogens is 276 g/mol. The first-order valence-electron chi connectivity index (χ1n) is 6.46. The maximum absolute atomic E-state index is 11.2. The molecule has 0 heterocycles. The number of benzene rings is 1. The predicted molar refractivity (Wildman–Crippen MR) is 76.6 cm³/mol. The average molecular weight is 294 g/mol. The van der Waals surface area contributed by atoms with Crippen molar-refractivity contribution in [3.63, 3.8) is 0 Å². The van der Waals surface area contributed by atoms with Gasteiger partial charge in [-0.25, -0.2) is 9.59 Å². The van der Waals surface area contributed by atoms with Gasteiger partial charge in [0.1, 0.15) is 11.5 Å². The van der Waals surface area contributed by atoms with Gasteiger partial charge in [0.05, 0.1) is 7.11 Å². The molecule has 21 heavy (non-hydrogen) atoms. The summed E-state index contributed by atoms with van der Waals surface area (Å²) in [7, 11) is 1.48. The van der Waals surface area contributed by atoms with Gasteiger partial charge in [0.2, 0.25) is 0 Å². The third kappa shape index (κ3) is 5.18. The van der Waals surface area contributed by atoms with Gasteiger partial charge >= 0.3 is 11.9 Å². The molecule has 0 aliphatic heterocycles. The first-order chi connectivity index (χ1) is 9.97. The van der Waals surface area contributed by atoms with Crippen LogP contribution in [-0.4, -0.2) is 35.4 Å². The zero-order valence-corrected chi connectivity index (χ0v) is 11.9. The van der Waals surface area contributed by atoms with Gasteiger partial charge in [0, 0.05) is 17.7 Å². The van der Waals surface area contributed by atoms with Crippen LogP contribution in [0.15, 0.2) is 24.3 Å². The van der Waals surface area contributed by atoms with Gasteiger partial charge in [-0.3, -0.25) is 0 Å². The van der Waals surface area contributed by atoms with Gasteiger partial charge in [0.15, 0.2) is 6.10 Å². The molecule has 1 aromatic carbocycles. The zero-order valence-electron chi connectivity index (χ0n) is 11.9. The van der Waals surface area contributed by atoms with Crippen molar-refractivity contribution < 1.29 is 29.3 Å². The molecule has 0 saturated heterocycles. The Morgan fingerprint density at radius 1 is 1.33 bits per heavy atom. The molecule has 6 nitrogen and oxygen atoms in total. The summed E-state index contributed by atoms with van der Waals surface area (Å²) >= 11 is 0. The SMILES string of the molecule is CCCC(Oc1cc(OC)ccc1/C=C/C(=O)O)C(=O)O. The Morgan fingerprint density at radius 2 is 2.05 bits per heavy atom. The number of ether oxygens (including phenoxy) is 2. The van der Waals surface area contributed by atoms with Crippen LogP contribution in [0.4, 0.5) is 0 Å². The summed E-state index contributed by atoms with van der Waals surface area (Å²) in [6.45, 7) is 1.86. The fourth-order valence-electron chi connectivity index (χ4n) is 1.69. The van der Waals surface area contributed by atoms with E-state index in [1.54, 1.807) is 12.1 Å². The van der Waals surface area contributed by atoms with Gasteiger partial charge in [-0.05, 0) is 24.6 Å². The number of carbonyl (C=O) groups is 2. The molecule has 0 amide bonds. The van der Waals surface area contributed by atoms with E-state index in [9.17, 15) is 9.59 Å². The Bertz CT molecular complexity index is 535. The first kappa shape index (κ1) is 16.6. The lowest BCUT2D eigenvalue weighted by atomic mass is 10.1. The minimum atomic E-state index is -1.10. The highest BCUT2D eigenvalue weighted by Crippen LogP contribution is 2.27.